The summed E-state index contributed by atoms with van der Waals surface area (Å²) in [5.41, 5.74) is 11.3. The Hall–Kier alpha value is -13.4. The molecule has 2 aromatic carbocycles. The lowest BCUT2D eigenvalue weighted by atomic mass is 9.96. The van der Waals surface area contributed by atoms with E-state index >= 15 is 0 Å². The number of aliphatic hydroxyl groups is 2. The van der Waals surface area contributed by atoms with Crippen molar-refractivity contribution in [1.29, 1.82) is 0 Å². The number of esters is 1. The molecular formula is C83H121N17O29. The lowest BCUT2D eigenvalue weighted by molar-refractivity contribution is -0.156. The number of nitrogen functional groups attached to an aromatic ring is 1. The van der Waals surface area contributed by atoms with Crippen molar-refractivity contribution in [2.45, 2.75) is 274 Å². The molecule has 1 saturated heterocycles. The first-order chi connectivity index (χ1) is 60.8. The third-order valence-corrected chi connectivity index (χ3v) is 20.1. The van der Waals surface area contributed by atoms with Crippen LogP contribution in [-0.2, 0) is 107 Å². The van der Waals surface area contributed by atoms with Crippen LogP contribution in [0.4, 0.5) is 10.5 Å². The molecule has 1 aliphatic rings. The molecule has 46 nitrogen and oxygen atoms in total. The normalized spacial score (nSPS) is 20.5. The highest BCUT2D eigenvalue weighted by Crippen LogP contribution is 2.23. The number of benzene rings is 2. The van der Waals surface area contributed by atoms with E-state index in [-0.39, 0.29) is 37.1 Å². The van der Waals surface area contributed by atoms with E-state index in [9.17, 15) is 131 Å². The third-order valence-electron chi connectivity index (χ3n) is 20.1. The Morgan fingerprint density at radius 3 is 1.66 bits per heavy atom. The van der Waals surface area contributed by atoms with E-state index < -0.39 is 286 Å². The number of carbonyl (C=O) groups is 21. The maximum absolute atomic E-state index is 15.0. The summed E-state index contributed by atoms with van der Waals surface area (Å²) < 4.78 is 11.0. The quantitative estimate of drug-likeness (QED) is 0.0118. The Labute approximate surface area is 741 Å². The zero-order chi connectivity index (χ0) is 96.4. The number of alkyl carbamates (subject to hydrolysis) is 1. The maximum atomic E-state index is 15.0. The van der Waals surface area contributed by atoms with E-state index in [2.05, 4.69) is 70.4 Å². The molecule has 0 spiro atoms. The van der Waals surface area contributed by atoms with E-state index in [1.54, 1.807) is 24.3 Å². The molecule has 3 aromatic rings. The summed E-state index contributed by atoms with van der Waals surface area (Å²) in [4.78, 5) is 292. The second-order valence-electron chi connectivity index (χ2n) is 32.2. The van der Waals surface area contributed by atoms with Crippen molar-refractivity contribution in [1.82, 2.24) is 79.4 Å². The number of ether oxygens (including phenoxy) is 2. The number of aromatic amines is 1. The summed E-state index contributed by atoms with van der Waals surface area (Å²) in [5.74, 6) is -30.8. The van der Waals surface area contributed by atoms with Gasteiger partial charge in [0.05, 0.1) is 64.3 Å². The van der Waals surface area contributed by atoms with Gasteiger partial charge in [-0.1, -0.05) is 115 Å². The van der Waals surface area contributed by atoms with Gasteiger partial charge in [0.25, 0.3) is 0 Å². The molecule has 129 heavy (non-hydrogen) atoms. The number of carboxylic acids is 4. The van der Waals surface area contributed by atoms with Crippen LogP contribution in [-0.4, -0.2) is 271 Å². The average Bonchev–Trinajstić information content (AvgIpc) is 1.69. The highest BCUT2D eigenvalue weighted by atomic mass is 16.6. The molecule has 0 saturated carbocycles. The van der Waals surface area contributed by atoms with Gasteiger partial charge in [-0.2, -0.15) is 0 Å². The first-order valence-electron chi connectivity index (χ1n) is 42.2. The van der Waals surface area contributed by atoms with Crippen LogP contribution in [0.5, 0.6) is 0 Å². The van der Waals surface area contributed by atoms with E-state index in [1.807, 2.05) is 16.0 Å². The SMILES string of the molecule is CCCCCCCCCCCCCC(O)CC(=O)NC(Cc1c[nH]c2ccccc12)C(=O)NC(CC(N)=O)C(=O)NC(CC(=O)O)C(=O)NC1C(=O)NCC(=O)NC(CCCNC(=O)OC(C)(C)C)C(=O)NC(CC(=O)O)C(=O)NC(C)C(=O)NC(CC(=O)O)C(=O)NCC(=O)NC(CO)C(=O)NC(C(C)CC(=O)O)C(=O)NC(CC(=O)c2ccccc2N)C(=O)OC1C. The first-order valence-corrected chi connectivity index (χ1v) is 42.2. The lowest BCUT2D eigenvalue weighted by Crippen LogP contribution is -2.62. The molecule has 0 bridgehead atoms. The fourth-order valence-corrected chi connectivity index (χ4v) is 13.3. The number of cyclic esters (lactones) is 1. The van der Waals surface area contributed by atoms with Crippen molar-refractivity contribution in [2.24, 2.45) is 11.7 Å². The van der Waals surface area contributed by atoms with Crippen LogP contribution >= 0.6 is 0 Å². The van der Waals surface area contributed by atoms with Crippen molar-refractivity contribution in [2.75, 3.05) is 32.0 Å². The number of aliphatic hydroxyl groups excluding tert-OH is 2. The number of unbranched alkanes of at least 4 members (excludes halogenated alkanes) is 10. The summed E-state index contributed by atoms with van der Waals surface area (Å²) in [6, 6.07) is -11.5. The van der Waals surface area contributed by atoms with Crippen molar-refractivity contribution >= 4 is 141 Å². The zero-order valence-corrected chi connectivity index (χ0v) is 72.9. The van der Waals surface area contributed by atoms with Crippen molar-refractivity contribution in [3.05, 3.63) is 65.9 Å². The molecule has 1 fully saturated rings. The Kier molecular flexibility index (Phi) is 45.6. The topological polar surface area (TPSA) is 735 Å². The molecule has 712 valence electrons. The number of aromatic nitrogens is 1. The van der Waals surface area contributed by atoms with E-state index in [0.717, 1.165) is 65.7 Å². The van der Waals surface area contributed by atoms with Gasteiger partial charge in [0.2, 0.25) is 82.7 Å². The first kappa shape index (κ1) is 108. The Morgan fingerprint density at radius 2 is 1.08 bits per heavy atom. The van der Waals surface area contributed by atoms with Gasteiger partial charge in [0, 0.05) is 47.7 Å². The van der Waals surface area contributed by atoms with Crippen LogP contribution < -0.4 is 85.9 Å². The van der Waals surface area contributed by atoms with Crippen molar-refractivity contribution in [3.63, 3.8) is 0 Å². The highest BCUT2D eigenvalue weighted by molar-refractivity contribution is 6.05. The molecule has 14 atom stereocenters. The van der Waals surface area contributed by atoms with Crippen LogP contribution in [0.1, 0.15) is 199 Å². The third kappa shape index (κ3) is 40.0. The molecular weight excluding hydrogens is 1700 g/mol. The number of rotatable bonds is 42. The number of nitrogens with one attached hydrogen (secondary N) is 15. The van der Waals surface area contributed by atoms with Gasteiger partial charge in [-0.15, -0.1) is 0 Å². The standard InChI is InChI=1S/C83H121N17O29/c1-8-9-10-11-12-13-14-15-16-17-18-24-47(102)33-62(105)92-53(32-46-39-87-51-28-22-20-25-48(46)51)75(120)95-54(35-61(85)104)76(121)97-57(38-68(114)115)77(122)100-70-45(4)128-81(126)58(34-60(103)49-26-19-21-27-50(49)84)98-80(125)69(43(2)31-65(108)109)99-78(123)59(42-101)93-64(107)40-88-72(117)55(36-66(110)111)94-71(116)44(3)90-74(119)56(37-67(112)113)96-73(118)52(91-63(106)41-89-79(70)124)29-23-30-86-82(127)129-83(5,6)7/h19-22,25-28,39,43-45,47,52-59,69-70,87,101-102H,8-18,23-24,29-38,40-42,84H2,1-7H3,(H2,85,104)(H,86,127)(H,88,117)(H,89,124)(H,90,119)(H,91,106)(H,92,105)(H,93,107)(H,94,116)(H,95,120)(H,96,118)(H,97,121)(H,98,125)(H,99,123)(H,100,122)(H,108,109)(H,110,111)(H,112,113)(H,114,115). The number of amides is 15. The monoisotopic (exact) mass is 1820 g/mol. The molecule has 14 unspecified atom stereocenters. The van der Waals surface area contributed by atoms with Gasteiger partial charge < -0.3 is 131 Å². The maximum Gasteiger partial charge on any atom is 0.407 e. The fraction of sp³-hybridized carbons (Fsp3) is 0.578. The summed E-state index contributed by atoms with van der Waals surface area (Å²) >= 11 is 0. The van der Waals surface area contributed by atoms with Crippen molar-refractivity contribution < 1.29 is 141 Å². The van der Waals surface area contributed by atoms with Gasteiger partial charge >= 0.3 is 35.9 Å². The number of para-hydroxylation sites is 2. The minimum atomic E-state index is -2.51. The van der Waals surface area contributed by atoms with E-state index in [4.69, 9.17) is 20.9 Å². The number of anilines is 1. The number of primary amides is 1. The molecule has 15 amide bonds. The number of H-pyrrole nitrogens is 1. The number of hydrogen-bond acceptors (Lipinski definition) is 26. The second-order valence-corrected chi connectivity index (χ2v) is 32.2. The van der Waals surface area contributed by atoms with Crippen LogP contribution in [0.2, 0.25) is 0 Å². The van der Waals surface area contributed by atoms with E-state index in [0.29, 0.717) is 22.9 Å². The number of carboxylic acid groups (broad SMARTS) is 4. The average molecular weight is 1820 g/mol. The molecule has 4 rings (SSSR count). The van der Waals surface area contributed by atoms with Gasteiger partial charge in [0.15, 0.2) is 5.78 Å². The minimum Gasteiger partial charge on any atom is -0.481 e. The summed E-state index contributed by atoms with van der Waals surface area (Å²) in [7, 11) is 0. The second kappa shape index (κ2) is 54.6. The number of fused-ring (bicyclic) bond motifs is 1. The molecule has 0 radical (unpaired) electrons. The Morgan fingerprint density at radius 1 is 0.550 bits per heavy atom. The minimum absolute atomic E-state index is 0.213. The number of hydrogen-bond donors (Lipinski definition) is 23. The highest BCUT2D eigenvalue weighted by Gasteiger charge is 2.42. The van der Waals surface area contributed by atoms with Gasteiger partial charge in [-0.3, -0.25) is 91.1 Å². The van der Waals surface area contributed by atoms with Crippen LogP contribution in [0.15, 0.2) is 54.7 Å². The number of Topliss-reactive ketones (excluding diaryl/α,β-unsaturated/α-hetero) is 1. The molecule has 25 N–H and O–H groups in total. The summed E-state index contributed by atoms with van der Waals surface area (Å²) in [5, 5.41) is 92.3. The van der Waals surface area contributed by atoms with Gasteiger partial charge in [-0.05, 0) is 83.6 Å². The summed E-state index contributed by atoms with van der Waals surface area (Å²) in [6.07, 6.45) is -0.138. The number of aliphatic carboxylic acids is 4. The largest absolute Gasteiger partial charge is 0.481 e. The van der Waals surface area contributed by atoms with Crippen molar-refractivity contribution in [3.8, 4) is 0 Å². The Balaban J connectivity index is 1.88. The predicted molar refractivity (Wildman–Crippen MR) is 455 cm³/mol. The van der Waals surface area contributed by atoms with Gasteiger partial charge in [-0.25, -0.2) is 9.59 Å². The van der Waals surface area contributed by atoms with Gasteiger partial charge in [0.1, 0.15) is 78.2 Å². The number of nitrogens with two attached hydrogens (primary N) is 2. The molecule has 1 aromatic heterocycles. The van der Waals surface area contributed by atoms with E-state index in [1.165, 1.54) is 70.5 Å². The number of carbonyl (C=O) groups excluding carboxylic acids is 17. The van der Waals surface area contributed by atoms with Crippen LogP contribution in [0, 0.1) is 5.92 Å². The molecule has 2 heterocycles. The smallest absolute Gasteiger partial charge is 0.407 e. The predicted octanol–water partition coefficient (Wildman–Crippen LogP) is -2.74. The molecule has 0 aliphatic carbocycles. The fourth-order valence-electron chi connectivity index (χ4n) is 13.3. The summed E-state index contributed by atoms with van der Waals surface area (Å²) in [6.45, 7) is 5.48. The molecule has 1 aliphatic heterocycles. The van der Waals surface area contributed by atoms with Crippen LogP contribution in [0.25, 0.3) is 10.9 Å². The number of ketones is 1. The van der Waals surface area contributed by atoms with Crippen LogP contribution in [0.3, 0.4) is 0 Å². The zero-order valence-electron chi connectivity index (χ0n) is 72.9. The molecule has 46 heteroatoms. The lowest BCUT2D eigenvalue weighted by Gasteiger charge is -2.30. The Bertz CT molecular complexity index is 4460.